The van der Waals surface area contributed by atoms with Crippen LogP contribution in [0.3, 0.4) is 0 Å². The highest BCUT2D eigenvalue weighted by atomic mass is 32.2. The molecule has 0 unspecified atom stereocenters. The fourth-order valence-electron chi connectivity index (χ4n) is 2.93. The van der Waals surface area contributed by atoms with Gasteiger partial charge in [-0.2, -0.15) is 0 Å². The minimum absolute atomic E-state index is 0.0347. The van der Waals surface area contributed by atoms with Crippen molar-refractivity contribution in [2.45, 2.75) is 6.92 Å². The summed E-state index contributed by atoms with van der Waals surface area (Å²) < 4.78 is 5.78. The third kappa shape index (κ3) is 3.72. The first-order chi connectivity index (χ1) is 13.9. The molecule has 0 N–H and O–H groups in total. The van der Waals surface area contributed by atoms with Crippen molar-refractivity contribution in [3.05, 3.63) is 87.0 Å². The fraction of sp³-hybridized carbons (Fsp3) is 0.0476. The van der Waals surface area contributed by atoms with Crippen LogP contribution in [0.25, 0.3) is 17.4 Å². The van der Waals surface area contributed by atoms with Crippen molar-refractivity contribution in [3.63, 3.8) is 0 Å². The molecule has 144 valence electrons. The van der Waals surface area contributed by atoms with Crippen molar-refractivity contribution < 1.29 is 14.1 Å². The molecule has 2 heterocycles. The number of furan rings is 1. The van der Waals surface area contributed by atoms with E-state index in [1.807, 2.05) is 31.2 Å². The van der Waals surface area contributed by atoms with Crippen LogP contribution in [-0.4, -0.2) is 15.2 Å². The van der Waals surface area contributed by atoms with Crippen LogP contribution in [0.4, 0.5) is 16.2 Å². The summed E-state index contributed by atoms with van der Waals surface area (Å²) in [5.41, 5.74) is 2.16. The Balaban J connectivity index is 1.63. The molecule has 1 fully saturated rings. The second kappa shape index (κ2) is 7.65. The van der Waals surface area contributed by atoms with Gasteiger partial charge in [-0.1, -0.05) is 42.0 Å². The Bertz CT molecular complexity index is 1170. The van der Waals surface area contributed by atoms with E-state index < -0.39 is 4.92 Å². The second-order valence-corrected chi connectivity index (χ2v) is 7.71. The molecule has 1 amide bonds. The zero-order valence-corrected chi connectivity index (χ0v) is 16.8. The summed E-state index contributed by atoms with van der Waals surface area (Å²) in [5, 5.41) is 11.1. The van der Waals surface area contributed by atoms with E-state index in [2.05, 4.69) is 0 Å². The smallest absolute Gasteiger partial charge is 0.296 e. The Hall–Kier alpha value is -3.23. The standard InChI is InChI=1S/C21H14N2O4S2/c1-13-6-8-14(9-7-13)22-20(28)19(29-21(22)24)12-15-10-11-18(27-15)16-4-2-3-5-17(16)23(25)26/h2-12H,1H3/b19-12-. The van der Waals surface area contributed by atoms with Gasteiger partial charge in [-0.25, -0.2) is 0 Å². The quantitative estimate of drug-likeness (QED) is 0.215. The van der Waals surface area contributed by atoms with Crippen molar-refractivity contribution in [3.8, 4) is 11.3 Å². The first-order valence-corrected chi connectivity index (χ1v) is 9.85. The summed E-state index contributed by atoms with van der Waals surface area (Å²) in [6.45, 7) is 1.97. The van der Waals surface area contributed by atoms with E-state index in [1.54, 1.807) is 36.4 Å². The van der Waals surface area contributed by atoms with Crippen molar-refractivity contribution in [1.82, 2.24) is 0 Å². The predicted molar refractivity (Wildman–Crippen MR) is 118 cm³/mol. The average molecular weight is 422 g/mol. The lowest BCUT2D eigenvalue weighted by molar-refractivity contribution is -0.384. The minimum Gasteiger partial charge on any atom is -0.456 e. The molecule has 1 aliphatic heterocycles. The summed E-state index contributed by atoms with van der Waals surface area (Å²) in [6.07, 6.45) is 1.68. The Morgan fingerprint density at radius 1 is 1.10 bits per heavy atom. The van der Waals surface area contributed by atoms with Gasteiger partial charge in [0.25, 0.3) is 10.9 Å². The van der Waals surface area contributed by atoms with Crippen LogP contribution >= 0.6 is 24.0 Å². The molecule has 1 aliphatic rings. The number of nitro benzene ring substituents is 1. The highest BCUT2D eigenvalue weighted by molar-refractivity contribution is 8.20. The maximum Gasteiger partial charge on any atom is 0.296 e. The number of aryl methyl sites for hydroxylation is 1. The van der Waals surface area contributed by atoms with Crippen LogP contribution in [0.15, 0.2) is 70.0 Å². The van der Waals surface area contributed by atoms with Crippen LogP contribution in [0, 0.1) is 17.0 Å². The average Bonchev–Trinajstić information content (AvgIpc) is 3.27. The van der Waals surface area contributed by atoms with Gasteiger partial charge in [0.2, 0.25) is 0 Å². The summed E-state index contributed by atoms with van der Waals surface area (Å²) in [6, 6.07) is 17.3. The third-order valence-electron chi connectivity index (χ3n) is 4.35. The van der Waals surface area contributed by atoms with Gasteiger partial charge >= 0.3 is 0 Å². The molecule has 4 rings (SSSR count). The van der Waals surface area contributed by atoms with Gasteiger partial charge < -0.3 is 4.42 Å². The molecule has 6 nitrogen and oxygen atoms in total. The lowest BCUT2D eigenvalue weighted by Gasteiger charge is -2.14. The number of thiocarbonyl (C=S) groups is 1. The first-order valence-electron chi connectivity index (χ1n) is 8.62. The van der Waals surface area contributed by atoms with Gasteiger partial charge in [-0.05, 0) is 55.1 Å². The maximum absolute atomic E-state index is 12.5. The lowest BCUT2D eigenvalue weighted by Crippen LogP contribution is -2.26. The molecule has 0 saturated carbocycles. The topological polar surface area (TPSA) is 76.6 Å². The van der Waals surface area contributed by atoms with Crippen LogP contribution in [0.2, 0.25) is 0 Å². The number of nitrogens with zero attached hydrogens (tertiary/aromatic N) is 2. The van der Waals surface area contributed by atoms with Crippen LogP contribution in [0.5, 0.6) is 0 Å². The van der Waals surface area contributed by atoms with Gasteiger partial charge in [0, 0.05) is 6.07 Å². The molecular weight excluding hydrogens is 408 g/mol. The largest absolute Gasteiger partial charge is 0.456 e. The molecule has 8 heteroatoms. The number of anilines is 1. The monoisotopic (exact) mass is 422 g/mol. The Kier molecular flexibility index (Phi) is 5.04. The number of nitro groups is 1. The van der Waals surface area contributed by atoms with Gasteiger partial charge in [-0.15, -0.1) is 0 Å². The summed E-state index contributed by atoms with van der Waals surface area (Å²) in [5.74, 6) is 0.835. The van der Waals surface area contributed by atoms with Crippen molar-refractivity contribution in [2.75, 3.05) is 4.90 Å². The molecule has 3 aromatic rings. The van der Waals surface area contributed by atoms with E-state index in [0.29, 0.717) is 32.7 Å². The van der Waals surface area contributed by atoms with E-state index in [9.17, 15) is 14.9 Å². The van der Waals surface area contributed by atoms with Gasteiger partial charge in [0.15, 0.2) is 0 Å². The fourth-order valence-corrected chi connectivity index (χ4v) is 4.19. The van der Waals surface area contributed by atoms with Crippen molar-refractivity contribution in [1.29, 1.82) is 0 Å². The maximum atomic E-state index is 12.5. The number of carbonyl (C=O) groups excluding carboxylic acids is 1. The van der Waals surface area contributed by atoms with E-state index >= 15 is 0 Å². The molecule has 0 aliphatic carbocycles. The number of hydrogen-bond acceptors (Lipinski definition) is 6. The van der Waals surface area contributed by atoms with Gasteiger partial charge in [-0.3, -0.25) is 19.8 Å². The molecule has 0 bridgehead atoms. The van der Waals surface area contributed by atoms with E-state index in [1.165, 1.54) is 11.0 Å². The number of hydrogen-bond donors (Lipinski definition) is 0. The number of para-hydroxylation sites is 1. The molecule has 2 aromatic carbocycles. The molecule has 0 atom stereocenters. The molecule has 1 saturated heterocycles. The van der Waals surface area contributed by atoms with Crippen molar-refractivity contribution >= 4 is 51.7 Å². The zero-order chi connectivity index (χ0) is 20.5. The molecular formula is C21H14N2O4S2. The summed E-state index contributed by atoms with van der Waals surface area (Å²) in [7, 11) is 0. The van der Waals surface area contributed by atoms with E-state index in [0.717, 1.165) is 17.3 Å². The number of benzene rings is 2. The zero-order valence-electron chi connectivity index (χ0n) is 15.2. The van der Waals surface area contributed by atoms with Crippen LogP contribution in [0.1, 0.15) is 11.3 Å². The Labute approximate surface area is 176 Å². The minimum atomic E-state index is -0.448. The third-order valence-corrected chi connectivity index (χ3v) is 5.77. The summed E-state index contributed by atoms with van der Waals surface area (Å²) >= 11 is 6.52. The number of thioether (sulfide) groups is 1. The van der Waals surface area contributed by atoms with E-state index in [-0.39, 0.29) is 10.9 Å². The Morgan fingerprint density at radius 2 is 1.83 bits per heavy atom. The van der Waals surface area contributed by atoms with Gasteiger partial charge in [0.1, 0.15) is 16.5 Å². The van der Waals surface area contributed by atoms with Gasteiger partial charge in [0.05, 0.1) is 21.1 Å². The Morgan fingerprint density at radius 3 is 2.55 bits per heavy atom. The van der Waals surface area contributed by atoms with Crippen LogP contribution in [-0.2, 0) is 0 Å². The van der Waals surface area contributed by atoms with Crippen molar-refractivity contribution in [2.24, 2.45) is 0 Å². The molecule has 29 heavy (non-hydrogen) atoms. The number of amides is 1. The molecule has 0 radical (unpaired) electrons. The first kappa shape index (κ1) is 19.1. The predicted octanol–water partition coefficient (Wildman–Crippen LogP) is 6.20. The normalized spacial score (nSPS) is 15.3. The number of rotatable bonds is 4. The SMILES string of the molecule is Cc1ccc(N2C(=O)S/C(=C\c3ccc(-c4ccccc4[N+](=O)[O-])o3)C2=S)cc1. The highest BCUT2D eigenvalue weighted by Crippen LogP contribution is 2.38. The molecule has 1 aromatic heterocycles. The lowest BCUT2D eigenvalue weighted by atomic mass is 10.1. The second-order valence-electron chi connectivity index (χ2n) is 6.33. The highest BCUT2D eigenvalue weighted by Gasteiger charge is 2.33. The number of carbonyl (C=O) groups is 1. The summed E-state index contributed by atoms with van der Waals surface area (Å²) in [4.78, 5) is 25.7. The molecule has 0 spiro atoms. The van der Waals surface area contributed by atoms with E-state index in [4.69, 9.17) is 16.6 Å². The van der Waals surface area contributed by atoms with Crippen LogP contribution < -0.4 is 4.90 Å².